The number of aliphatic carboxylic acids is 1. The first-order chi connectivity index (χ1) is 8.68. The second kappa shape index (κ2) is 5.42. The Bertz CT molecular complexity index is 485. The van der Waals surface area contributed by atoms with E-state index in [4.69, 9.17) is 4.52 Å². The number of aryl methyl sites for hydroxylation is 2. The standard InChI is InChI=1S/C13H20N2O4/c1-6-8-9(7(2)19-15-8)11(16)14-10(12(17)18)13(3,4)5/h10H,6H2,1-5H3,(H,14,16)(H,17,18)/t10-/m0/s1. The molecule has 0 aliphatic heterocycles. The quantitative estimate of drug-likeness (QED) is 0.868. The molecule has 0 aromatic carbocycles. The van der Waals surface area contributed by atoms with Gasteiger partial charge in [0, 0.05) is 0 Å². The summed E-state index contributed by atoms with van der Waals surface area (Å²) in [4.78, 5) is 23.4. The number of carbonyl (C=O) groups is 2. The first kappa shape index (κ1) is 15.2. The van der Waals surface area contributed by atoms with Crippen molar-refractivity contribution in [3.8, 4) is 0 Å². The first-order valence-electron chi connectivity index (χ1n) is 6.17. The van der Waals surface area contributed by atoms with Crippen molar-refractivity contribution in [3.63, 3.8) is 0 Å². The van der Waals surface area contributed by atoms with Crippen molar-refractivity contribution >= 4 is 11.9 Å². The highest BCUT2D eigenvalue weighted by atomic mass is 16.5. The van der Waals surface area contributed by atoms with E-state index in [-0.39, 0.29) is 0 Å². The normalized spacial score (nSPS) is 13.1. The summed E-state index contributed by atoms with van der Waals surface area (Å²) >= 11 is 0. The molecule has 2 N–H and O–H groups in total. The Balaban J connectivity index is 3.01. The van der Waals surface area contributed by atoms with Gasteiger partial charge in [-0.1, -0.05) is 32.9 Å². The number of carboxylic acids is 1. The van der Waals surface area contributed by atoms with Gasteiger partial charge in [0.05, 0.1) is 5.69 Å². The van der Waals surface area contributed by atoms with Gasteiger partial charge in [-0.15, -0.1) is 0 Å². The van der Waals surface area contributed by atoms with Crippen molar-refractivity contribution in [2.45, 2.75) is 47.1 Å². The third-order valence-electron chi connectivity index (χ3n) is 2.88. The predicted octanol–water partition coefficient (Wildman–Crippen LogP) is 1.77. The molecule has 1 aromatic rings. The van der Waals surface area contributed by atoms with Crippen LogP contribution in [-0.4, -0.2) is 28.2 Å². The fourth-order valence-electron chi connectivity index (χ4n) is 1.80. The summed E-state index contributed by atoms with van der Waals surface area (Å²) in [6, 6.07) is -0.973. The zero-order valence-electron chi connectivity index (χ0n) is 11.9. The molecule has 1 rings (SSSR count). The molecular formula is C13H20N2O4. The lowest BCUT2D eigenvalue weighted by Crippen LogP contribution is -2.49. The van der Waals surface area contributed by atoms with Gasteiger partial charge >= 0.3 is 5.97 Å². The van der Waals surface area contributed by atoms with Crippen molar-refractivity contribution in [2.75, 3.05) is 0 Å². The van der Waals surface area contributed by atoms with Crippen LogP contribution >= 0.6 is 0 Å². The summed E-state index contributed by atoms with van der Waals surface area (Å²) < 4.78 is 4.98. The van der Waals surface area contributed by atoms with E-state index in [0.717, 1.165) is 0 Å². The number of rotatable bonds is 4. The minimum absolute atomic E-state index is 0.331. The molecule has 6 nitrogen and oxygen atoms in total. The molecule has 6 heteroatoms. The van der Waals surface area contributed by atoms with Crippen LogP contribution in [0.5, 0.6) is 0 Å². The lowest BCUT2D eigenvalue weighted by molar-refractivity contribution is -0.142. The first-order valence-corrected chi connectivity index (χ1v) is 6.17. The van der Waals surface area contributed by atoms with Gasteiger partial charge in [-0.25, -0.2) is 4.79 Å². The van der Waals surface area contributed by atoms with Gasteiger partial charge < -0.3 is 14.9 Å². The van der Waals surface area contributed by atoms with Gasteiger partial charge in [-0.05, 0) is 18.8 Å². The summed E-state index contributed by atoms with van der Waals surface area (Å²) in [7, 11) is 0. The zero-order chi connectivity index (χ0) is 14.8. The van der Waals surface area contributed by atoms with E-state index in [1.807, 2.05) is 6.92 Å². The molecule has 0 spiro atoms. The maximum absolute atomic E-state index is 12.2. The van der Waals surface area contributed by atoms with E-state index in [9.17, 15) is 14.7 Å². The van der Waals surface area contributed by atoms with Crippen LogP contribution in [0.3, 0.4) is 0 Å². The molecule has 1 amide bonds. The van der Waals surface area contributed by atoms with E-state index < -0.39 is 23.3 Å². The Morgan fingerprint density at radius 1 is 1.42 bits per heavy atom. The van der Waals surface area contributed by atoms with Crippen LogP contribution in [0.1, 0.15) is 49.5 Å². The summed E-state index contributed by atoms with van der Waals surface area (Å²) in [5, 5.41) is 15.5. The van der Waals surface area contributed by atoms with Gasteiger partial charge in [-0.2, -0.15) is 0 Å². The van der Waals surface area contributed by atoms with Crippen LogP contribution < -0.4 is 5.32 Å². The van der Waals surface area contributed by atoms with Crippen LogP contribution in [0.15, 0.2) is 4.52 Å². The summed E-state index contributed by atoms with van der Waals surface area (Å²) in [6.07, 6.45) is 0.549. The van der Waals surface area contributed by atoms with Gasteiger partial charge in [0.2, 0.25) is 0 Å². The number of aromatic nitrogens is 1. The van der Waals surface area contributed by atoms with Crippen molar-refractivity contribution in [2.24, 2.45) is 5.41 Å². The molecular weight excluding hydrogens is 248 g/mol. The second-order valence-corrected chi connectivity index (χ2v) is 5.52. The molecule has 0 fully saturated rings. The molecule has 106 valence electrons. The average Bonchev–Trinajstić information content (AvgIpc) is 2.65. The molecule has 0 aliphatic carbocycles. The topological polar surface area (TPSA) is 92.4 Å². The highest BCUT2D eigenvalue weighted by molar-refractivity contribution is 5.98. The number of hydrogen-bond acceptors (Lipinski definition) is 4. The van der Waals surface area contributed by atoms with Crippen LogP contribution in [0.4, 0.5) is 0 Å². The van der Waals surface area contributed by atoms with Crippen molar-refractivity contribution in [3.05, 3.63) is 17.0 Å². The number of amides is 1. The lowest BCUT2D eigenvalue weighted by atomic mass is 9.86. The van der Waals surface area contributed by atoms with Gasteiger partial charge in [0.15, 0.2) is 0 Å². The minimum Gasteiger partial charge on any atom is -0.480 e. The average molecular weight is 268 g/mol. The molecule has 0 bridgehead atoms. The van der Waals surface area contributed by atoms with Crippen LogP contribution in [0.2, 0.25) is 0 Å². The molecule has 19 heavy (non-hydrogen) atoms. The number of nitrogens with one attached hydrogen (secondary N) is 1. The SMILES string of the molecule is CCc1noc(C)c1C(=O)N[C@@H](C(=O)O)C(C)(C)C. The summed E-state index contributed by atoms with van der Waals surface area (Å²) in [5.41, 5.74) is 0.282. The van der Waals surface area contributed by atoms with E-state index in [0.29, 0.717) is 23.4 Å². The van der Waals surface area contributed by atoms with Gasteiger partial charge in [0.1, 0.15) is 17.4 Å². The predicted molar refractivity (Wildman–Crippen MR) is 69.0 cm³/mol. The largest absolute Gasteiger partial charge is 0.480 e. The van der Waals surface area contributed by atoms with Crippen molar-refractivity contribution in [1.29, 1.82) is 0 Å². The van der Waals surface area contributed by atoms with E-state index in [2.05, 4.69) is 10.5 Å². The molecule has 1 atom stereocenters. The highest BCUT2D eigenvalue weighted by Crippen LogP contribution is 2.21. The second-order valence-electron chi connectivity index (χ2n) is 5.52. The van der Waals surface area contributed by atoms with E-state index in [1.54, 1.807) is 27.7 Å². The molecule has 1 heterocycles. The summed E-state index contributed by atoms with van der Waals surface area (Å²) in [5.74, 6) is -1.13. The molecule has 0 saturated heterocycles. The van der Waals surface area contributed by atoms with E-state index in [1.165, 1.54) is 0 Å². The Morgan fingerprint density at radius 3 is 2.42 bits per heavy atom. The minimum atomic E-state index is -1.06. The molecule has 0 saturated carbocycles. The van der Waals surface area contributed by atoms with Crippen LogP contribution in [0.25, 0.3) is 0 Å². The van der Waals surface area contributed by atoms with E-state index >= 15 is 0 Å². The molecule has 0 aliphatic rings. The van der Waals surface area contributed by atoms with Crippen molar-refractivity contribution in [1.82, 2.24) is 10.5 Å². The maximum Gasteiger partial charge on any atom is 0.326 e. The Kier molecular flexibility index (Phi) is 4.34. The highest BCUT2D eigenvalue weighted by Gasteiger charge is 2.34. The fraction of sp³-hybridized carbons (Fsp3) is 0.615. The summed E-state index contributed by atoms with van der Waals surface area (Å²) in [6.45, 7) is 8.76. The Hall–Kier alpha value is -1.85. The number of carbonyl (C=O) groups excluding carboxylic acids is 1. The Morgan fingerprint density at radius 2 is 2.00 bits per heavy atom. The number of hydrogen-bond donors (Lipinski definition) is 2. The van der Waals surface area contributed by atoms with Crippen LogP contribution in [0, 0.1) is 12.3 Å². The van der Waals surface area contributed by atoms with Gasteiger partial charge in [-0.3, -0.25) is 4.79 Å². The molecule has 0 unspecified atom stereocenters. The molecule has 1 aromatic heterocycles. The Labute approximate surface area is 112 Å². The lowest BCUT2D eigenvalue weighted by Gasteiger charge is -2.27. The zero-order valence-corrected chi connectivity index (χ0v) is 11.9. The van der Waals surface area contributed by atoms with Crippen molar-refractivity contribution < 1.29 is 19.2 Å². The number of carboxylic acid groups (broad SMARTS) is 1. The smallest absolute Gasteiger partial charge is 0.326 e. The fourth-order valence-corrected chi connectivity index (χ4v) is 1.80. The third-order valence-corrected chi connectivity index (χ3v) is 2.88. The molecule has 0 radical (unpaired) electrons. The maximum atomic E-state index is 12.2. The number of nitrogens with zero attached hydrogens (tertiary/aromatic N) is 1. The van der Waals surface area contributed by atoms with Crippen LogP contribution in [-0.2, 0) is 11.2 Å². The van der Waals surface area contributed by atoms with Gasteiger partial charge in [0.25, 0.3) is 5.91 Å². The monoisotopic (exact) mass is 268 g/mol. The third kappa shape index (κ3) is 3.33.